The van der Waals surface area contributed by atoms with Crippen LogP contribution in [0.25, 0.3) is 0 Å². The van der Waals surface area contributed by atoms with E-state index in [4.69, 9.17) is 0 Å². The first-order chi connectivity index (χ1) is 8.72. The summed E-state index contributed by atoms with van der Waals surface area (Å²) in [5, 5.41) is 5.55. The van der Waals surface area contributed by atoms with Crippen LogP contribution >= 0.6 is 0 Å². The summed E-state index contributed by atoms with van der Waals surface area (Å²) in [6, 6.07) is -0.0958. The molecule has 2 N–H and O–H groups in total. The van der Waals surface area contributed by atoms with Gasteiger partial charge < -0.3 is 15.5 Å². The van der Waals surface area contributed by atoms with E-state index in [1.54, 1.807) is 6.08 Å². The van der Waals surface area contributed by atoms with Gasteiger partial charge in [-0.3, -0.25) is 0 Å². The highest BCUT2D eigenvalue weighted by atomic mass is 16.2. The highest BCUT2D eigenvalue weighted by molar-refractivity contribution is 5.73. The van der Waals surface area contributed by atoms with E-state index in [0.717, 1.165) is 25.3 Å². The lowest BCUT2D eigenvalue weighted by molar-refractivity contribution is 0.181. The quantitative estimate of drug-likeness (QED) is 0.538. The van der Waals surface area contributed by atoms with Gasteiger partial charge in [0.1, 0.15) is 0 Å². The van der Waals surface area contributed by atoms with Crippen molar-refractivity contribution in [3.63, 3.8) is 0 Å². The Morgan fingerprint density at radius 1 is 1.44 bits per heavy atom. The Kier molecular flexibility index (Phi) is 7.49. The molecule has 1 fully saturated rings. The van der Waals surface area contributed by atoms with Crippen molar-refractivity contribution in [2.45, 2.75) is 32.6 Å². The first kappa shape index (κ1) is 15.0. The van der Waals surface area contributed by atoms with Gasteiger partial charge >= 0.3 is 6.03 Å². The molecule has 0 spiro atoms. The Labute approximate surface area is 111 Å². The van der Waals surface area contributed by atoms with E-state index in [-0.39, 0.29) is 6.03 Å². The van der Waals surface area contributed by atoms with Crippen LogP contribution in [0.15, 0.2) is 12.7 Å². The molecule has 1 aliphatic rings. The van der Waals surface area contributed by atoms with Crippen LogP contribution in [0.4, 0.5) is 4.79 Å². The minimum Gasteiger partial charge on any atom is -0.338 e. The second-order valence-electron chi connectivity index (χ2n) is 5.18. The van der Waals surface area contributed by atoms with Crippen LogP contribution < -0.4 is 10.6 Å². The Morgan fingerprint density at radius 3 is 3.00 bits per heavy atom. The van der Waals surface area contributed by atoms with Crippen LogP contribution in [0, 0.1) is 5.92 Å². The fraction of sp³-hybridized carbons (Fsp3) is 0.786. The van der Waals surface area contributed by atoms with E-state index in [1.807, 2.05) is 0 Å². The fourth-order valence-electron chi connectivity index (χ4n) is 2.38. The molecule has 1 saturated heterocycles. The van der Waals surface area contributed by atoms with Gasteiger partial charge in [-0.2, -0.15) is 0 Å². The SMILES string of the molecule is C=CCNC(=O)NCCCCN1CCCC(C)C1. The van der Waals surface area contributed by atoms with Crippen LogP contribution in [0.1, 0.15) is 32.6 Å². The Bertz CT molecular complexity index is 255. The second kappa shape index (κ2) is 8.97. The van der Waals surface area contributed by atoms with Crippen molar-refractivity contribution in [1.82, 2.24) is 15.5 Å². The third-order valence-corrected chi connectivity index (χ3v) is 3.33. The predicted molar refractivity (Wildman–Crippen MR) is 75.7 cm³/mol. The molecular formula is C14H27N3O. The molecular weight excluding hydrogens is 226 g/mol. The van der Waals surface area contributed by atoms with Crippen molar-refractivity contribution in [1.29, 1.82) is 0 Å². The Hall–Kier alpha value is -1.03. The zero-order chi connectivity index (χ0) is 13.2. The van der Waals surface area contributed by atoms with Gasteiger partial charge in [0.2, 0.25) is 0 Å². The lowest BCUT2D eigenvalue weighted by atomic mass is 10.0. The number of hydrogen-bond donors (Lipinski definition) is 2. The van der Waals surface area contributed by atoms with Crippen LogP contribution in [0.2, 0.25) is 0 Å². The molecule has 0 bridgehead atoms. The number of amides is 2. The van der Waals surface area contributed by atoms with E-state index >= 15 is 0 Å². The molecule has 1 rings (SSSR count). The molecule has 1 heterocycles. The highest BCUT2D eigenvalue weighted by Crippen LogP contribution is 2.15. The summed E-state index contributed by atoms with van der Waals surface area (Å²) in [6.45, 7) is 10.8. The Balaban J connectivity index is 1.94. The van der Waals surface area contributed by atoms with Crippen LogP contribution in [0.5, 0.6) is 0 Å². The molecule has 18 heavy (non-hydrogen) atoms. The molecule has 0 aromatic carbocycles. The number of rotatable bonds is 7. The number of hydrogen-bond acceptors (Lipinski definition) is 2. The van der Waals surface area contributed by atoms with Gasteiger partial charge in [-0.15, -0.1) is 6.58 Å². The van der Waals surface area contributed by atoms with E-state index in [1.165, 1.54) is 32.5 Å². The second-order valence-corrected chi connectivity index (χ2v) is 5.18. The zero-order valence-electron chi connectivity index (χ0n) is 11.6. The third kappa shape index (κ3) is 6.64. The van der Waals surface area contributed by atoms with Gasteiger partial charge in [-0.1, -0.05) is 13.0 Å². The largest absolute Gasteiger partial charge is 0.338 e. The standard InChI is InChI=1S/C14H27N3O/c1-3-8-15-14(18)16-9-4-5-10-17-11-6-7-13(2)12-17/h3,13H,1,4-12H2,2H3,(H2,15,16,18). The summed E-state index contributed by atoms with van der Waals surface area (Å²) in [4.78, 5) is 13.8. The smallest absolute Gasteiger partial charge is 0.315 e. The van der Waals surface area contributed by atoms with Gasteiger partial charge in [0.05, 0.1) is 0 Å². The molecule has 1 unspecified atom stereocenters. The molecule has 1 atom stereocenters. The summed E-state index contributed by atoms with van der Waals surface area (Å²) < 4.78 is 0. The van der Waals surface area contributed by atoms with E-state index < -0.39 is 0 Å². The predicted octanol–water partition coefficient (Wildman–Crippen LogP) is 1.98. The molecule has 4 nitrogen and oxygen atoms in total. The number of unbranched alkanes of at least 4 members (excludes halogenated alkanes) is 1. The van der Waals surface area contributed by atoms with Gasteiger partial charge in [0, 0.05) is 19.6 Å². The van der Waals surface area contributed by atoms with Crippen LogP contribution in [-0.4, -0.2) is 43.7 Å². The number of likely N-dealkylation sites (tertiary alicyclic amines) is 1. The minimum atomic E-state index is -0.0958. The maximum Gasteiger partial charge on any atom is 0.315 e. The van der Waals surface area contributed by atoms with Crippen LogP contribution in [0.3, 0.4) is 0 Å². The number of nitrogens with zero attached hydrogens (tertiary/aromatic N) is 1. The molecule has 0 aromatic rings. The maximum atomic E-state index is 11.2. The maximum absolute atomic E-state index is 11.2. The molecule has 0 radical (unpaired) electrons. The van der Waals surface area contributed by atoms with Gasteiger partial charge in [0.25, 0.3) is 0 Å². The van der Waals surface area contributed by atoms with Crippen molar-refractivity contribution in [3.05, 3.63) is 12.7 Å². The van der Waals surface area contributed by atoms with Crippen molar-refractivity contribution in [3.8, 4) is 0 Å². The molecule has 0 saturated carbocycles. The number of urea groups is 1. The van der Waals surface area contributed by atoms with Gasteiger partial charge in [-0.25, -0.2) is 4.79 Å². The summed E-state index contributed by atoms with van der Waals surface area (Å²) in [7, 11) is 0. The number of nitrogens with one attached hydrogen (secondary N) is 2. The highest BCUT2D eigenvalue weighted by Gasteiger charge is 2.15. The van der Waals surface area contributed by atoms with E-state index in [2.05, 4.69) is 29.0 Å². The first-order valence-electron chi connectivity index (χ1n) is 7.07. The van der Waals surface area contributed by atoms with Gasteiger partial charge in [0.15, 0.2) is 0 Å². The number of piperidine rings is 1. The lowest BCUT2D eigenvalue weighted by Crippen LogP contribution is -2.37. The summed E-state index contributed by atoms with van der Waals surface area (Å²) in [5.41, 5.74) is 0. The average molecular weight is 253 g/mol. The van der Waals surface area contributed by atoms with Crippen molar-refractivity contribution < 1.29 is 4.79 Å². The normalized spacial score (nSPS) is 20.4. The minimum absolute atomic E-state index is 0.0958. The summed E-state index contributed by atoms with van der Waals surface area (Å²) >= 11 is 0. The van der Waals surface area contributed by atoms with Crippen molar-refractivity contribution in [2.24, 2.45) is 5.92 Å². The average Bonchev–Trinajstić information content (AvgIpc) is 2.36. The summed E-state index contributed by atoms with van der Waals surface area (Å²) in [5.74, 6) is 0.849. The zero-order valence-corrected chi connectivity index (χ0v) is 11.6. The van der Waals surface area contributed by atoms with Gasteiger partial charge in [-0.05, 0) is 44.7 Å². The molecule has 0 aliphatic carbocycles. The molecule has 0 aromatic heterocycles. The topological polar surface area (TPSA) is 44.4 Å². The first-order valence-corrected chi connectivity index (χ1v) is 7.07. The van der Waals surface area contributed by atoms with E-state index in [0.29, 0.717) is 6.54 Å². The molecule has 4 heteroatoms. The van der Waals surface area contributed by atoms with Crippen molar-refractivity contribution in [2.75, 3.05) is 32.7 Å². The Morgan fingerprint density at radius 2 is 2.28 bits per heavy atom. The van der Waals surface area contributed by atoms with E-state index in [9.17, 15) is 4.79 Å². The monoisotopic (exact) mass is 253 g/mol. The molecule has 2 amide bonds. The molecule has 104 valence electrons. The number of carbonyl (C=O) groups excluding carboxylic acids is 1. The number of carbonyl (C=O) groups is 1. The van der Waals surface area contributed by atoms with Crippen LogP contribution in [-0.2, 0) is 0 Å². The fourth-order valence-corrected chi connectivity index (χ4v) is 2.38. The lowest BCUT2D eigenvalue weighted by Gasteiger charge is -2.30. The molecule has 1 aliphatic heterocycles. The third-order valence-electron chi connectivity index (χ3n) is 3.33. The summed E-state index contributed by atoms with van der Waals surface area (Å²) in [6.07, 6.45) is 6.60. The van der Waals surface area contributed by atoms with Crippen molar-refractivity contribution >= 4 is 6.03 Å².